The molecule has 0 radical (unpaired) electrons. The van der Waals surface area contributed by atoms with Gasteiger partial charge in [-0.25, -0.2) is 13.2 Å². The third-order valence-electron chi connectivity index (χ3n) is 4.05. The van der Waals surface area contributed by atoms with E-state index in [1.807, 2.05) is 0 Å². The molecule has 0 atom stereocenters. The molecule has 0 saturated heterocycles. The van der Waals surface area contributed by atoms with E-state index < -0.39 is 23.0 Å². The Morgan fingerprint density at radius 3 is 2.50 bits per heavy atom. The lowest BCUT2D eigenvalue weighted by Gasteiger charge is -2.22. The van der Waals surface area contributed by atoms with E-state index in [0.717, 1.165) is 0 Å². The van der Waals surface area contributed by atoms with Gasteiger partial charge >= 0.3 is 0 Å². The minimum atomic E-state index is -1.12. The quantitative estimate of drug-likeness (QED) is 0.478. The first kappa shape index (κ1) is 18.2. The van der Waals surface area contributed by atoms with Crippen LogP contribution in [0.25, 0.3) is 16.9 Å². The molecule has 144 valence electrons. The number of hydrogen-bond donors (Lipinski definition) is 0. The van der Waals surface area contributed by atoms with Crippen LogP contribution < -0.4 is 4.90 Å². The Morgan fingerprint density at radius 1 is 1.14 bits per heavy atom. The standard InChI is InChI=1S/C17H12ClF3N6O/c1-8-3-10(28-25-8)6-26(2)16-14(13-11(20)4-9(19)5-12(13)21)15(18)24-17-22-7-23-27(16)17/h3-5,7H,6H2,1-2H3. The summed E-state index contributed by atoms with van der Waals surface area (Å²) in [7, 11) is 1.65. The molecule has 0 fully saturated rings. The van der Waals surface area contributed by atoms with Gasteiger partial charge in [0.25, 0.3) is 5.78 Å². The molecule has 0 aliphatic rings. The van der Waals surface area contributed by atoms with E-state index in [9.17, 15) is 13.2 Å². The Hall–Kier alpha value is -3.14. The van der Waals surface area contributed by atoms with Crippen molar-refractivity contribution in [1.29, 1.82) is 0 Å². The van der Waals surface area contributed by atoms with Crippen LogP contribution in [0.2, 0.25) is 5.15 Å². The summed E-state index contributed by atoms with van der Waals surface area (Å²) >= 11 is 6.25. The van der Waals surface area contributed by atoms with Crippen LogP contribution in [0.1, 0.15) is 11.5 Å². The van der Waals surface area contributed by atoms with Crippen LogP contribution in [0.3, 0.4) is 0 Å². The molecule has 3 heterocycles. The molecule has 28 heavy (non-hydrogen) atoms. The van der Waals surface area contributed by atoms with Crippen LogP contribution in [-0.4, -0.2) is 31.8 Å². The van der Waals surface area contributed by atoms with Crippen molar-refractivity contribution in [2.45, 2.75) is 13.5 Å². The predicted octanol–water partition coefficient (Wildman–Crippen LogP) is 3.79. The van der Waals surface area contributed by atoms with E-state index in [0.29, 0.717) is 23.6 Å². The van der Waals surface area contributed by atoms with Crippen molar-refractivity contribution in [2.24, 2.45) is 0 Å². The fraction of sp³-hybridized carbons (Fsp3) is 0.176. The number of aromatic nitrogens is 5. The SMILES string of the molecule is Cc1cc(CN(C)c2c(-c3c(F)cc(F)cc3F)c(Cl)nc3ncnn23)on1. The van der Waals surface area contributed by atoms with Crippen LogP contribution in [-0.2, 0) is 6.54 Å². The first-order chi connectivity index (χ1) is 13.3. The Bertz CT molecular complexity index is 1170. The van der Waals surface area contributed by atoms with Gasteiger partial charge in [0.15, 0.2) is 5.76 Å². The average molecular weight is 409 g/mol. The molecule has 1 aromatic carbocycles. The summed E-state index contributed by atoms with van der Waals surface area (Å²) in [5.74, 6) is -2.45. The van der Waals surface area contributed by atoms with Gasteiger partial charge in [-0.3, -0.25) is 0 Å². The van der Waals surface area contributed by atoms with Crippen LogP contribution in [0.15, 0.2) is 29.0 Å². The number of halogens is 4. The zero-order chi connectivity index (χ0) is 20.0. The molecule has 11 heteroatoms. The van der Waals surface area contributed by atoms with Crippen molar-refractivity contribution in [3.63, 3.8) is 0 Å². The zero-order valence-corrected chi connectivity index (χ0v) is 15.4. The minimum Gasteiger partial charge on any atom is -0.359 e. The highest BCUT2D eigenvalue weighted by molar-refractivity contribution is 6.33. The van der Waals surface area contributed by atoms with Gasteiger partial charge in [-0.2, -0.15) is 19.6 Å². The first-order valence-electron chi connectivity index (χ1n) is 8.02. The molecule has 4 rings (SSSR count). The van der Waals surface area contributed by atoms with Gasteiger partial charge in [0.05, 0.1) is 23.4 Å². The third-order valence-corrected chi connectivity index (χ3v) is 4.32. The highest BCUT2D eigenvalue weighted by atomic mass is 35.5. The van der Waals surface area contributed by atoms with Crippen molar-refractivity contribution < 1.29 is 17.7 Å². The molecule has 4 aromatic rings. The molecule has 0 aliphatic carbocycles. The van der Waals surface area contributed by atoms with Crippen molar-refractivity contribution in [2.75, 3.05) is 11.9 Å². The van der Waals surface area contributed by atoms with Crippen molar-refractivity contribution in [1.82, 2.24) is 24.7 Å². The predicted molar refractivity (Wildman–Crippen MR) is 94.4 cm³/mol. The Morgan fingerprint density at radius 2 is 1.86 bits per heavy atom. The highest BCUT2D eigenvalue weighted by Gasteiger charge is 2.26. The first-order valence-corrected chi connectivity index (χ1v) is 8.40. The van der Waals surface area contributed by atoms with Crippen molar-refractivity contribution in [3.05, 3.63) is 58.6 Å². The Labute approximate surface area is 161 Å². The Balaban J connectivity index is 1.96. The number of rotatable bonds is 4. The molecule has 7 nitrogen and oxygen atoms in total. The third kappa shape index (κ3) is 3.05. The maximum Gasteiger partial charge on any atom is 0.255 e. The second-order valence-corrected chi connectivity index (χ2v) is 6.47. The summed E-state index contributed by atoms with van der Waals surface area (Å²) in [6.45, 7) is 1.95. The van der Waals surface area contributed by atoms with Crippen molar-refractivity contribution in [3.8, 4) is 11.1 Å². The molecule has 0 spiro atoms. The summed E-state index contributed by atoms with van der Waals surface area (Å²) in [6, 6.07) is 2.87. The molecule has 0 unspecified atom stereocenters. The van der Waals surface area contributed by atoms with Crippen LogP contribution in [0, 0.1) is 24.4 Å². The highest BCUT2D eigenvalue weighted by Crippen LogP contribution is 2.39. The normalized spacial score (nSPS) is 11.4. The minimum absolute atomic E-state index is 0.0894. The van der Waals surface area contributed by atoms with Crippen LogP contribution in [0.5, 0.6) is 0 Å². The van der Waals surface area contributed by atoms with Gasteiger partial charge in [0, 0.05) is 25.2 Å². The van der Waals surface area contributed by atoms with E-state index in [1.165, 1.54) is 10.8 Å². The zero-order valence-electron chi connectivity index (χ0n) is 14.6. The maximum atomic E-state index is 14.5. The summed E-state index contributed by atoms with van der Waals surface area (Å²) in [5, 5.41) is 7.68. The van der Waals surface area contributed by atoms with Crippen molar-refractivity contribution >= 4 is 23.2 Å². The molecule has 3 aromatic heterocycles. The summed E-state index contributed by atoms with van der Waals surface area (Å²) in [4.78, 5) is 9.61. The van der Waals surface area contributed by atoms with E-state index >= 15 is 0 Å². The van der Waals surface area contributed by atoms with Gasteiger partial charge < -0.3 is 9.42 Å². The Kier molecular flexibility index (Phi) is 4.42. The molecule has 0 amide bonds. The average Bonchev–Trinajstić information content (AvgIpc) is 3.22. The van der Waals surface area contributed by atoms with Gasteiger partial charge in [0.2, 0.25) is 0 Å². The van der Waals surface area contributed by atoms with Crippen LogP contribution in [0.4, 0.5) is 19.0 Å². The van der Waals surface area contributed by atoms with E-state index in [2.05, 4.69) is 20.2 Å². The van der Waals surface area contributed by atoms with Gasteiger partial charge in [-0.1, -0.05) is 16.8 Å². The number of anilines is 1. The smallest absolute Gasteiger partial charge is 0.255 e. The number of fused-ring (bicyclic) bond motifs is 1. The largest absolute Gasteiger partial charge is 0.359 e. The van der Waals surface area contributed by atoms with Gasteiger partial charge in [-0.05, 0) is 6.92 Å². The second-order valence-electron chi connectivity index (χ2n) is 6.11. The maximum absolute atomic E-state index is 14.5. The lowest BCUT2D eigenvalue weighted by molar-refractivity contribution is 0.379. The number of benzene rings is 1. The molecular weight excluding hydrogens is 397 g/mol. The number of aryl methyl sites for hydroxylation is 1. The monoisotopic (exact) mass is 408 g/mol. The molecule has 0 saturated carbocycles. The second kappa shape index (κ2) is 6.79. The topological polar surface area (TPSA) is 72.4 Å². The molecular formula is C17H12ClF3N6O. The fourth-order valence-corrected chi connectivity index (χ4v) is 3.21. The van der Waals surface area contributed by atoms with Gasteiger partial charge in [0.1, 0.15) is 34.7 Å². The molecule has 0 aliphatic heterocycles. The lowest BCUT2D eigenvalue weighted by atomic mass is 10.1. The fourth-order valence-electron chi connectivity index (χ4n) is 2.95. The molecule has 0 bridgehead atoms. The molecule has 0 N–H and O–H groups in total. The lowest BCUT2D eigenvalue weighted by Crippen LogP contribution is -2.21. The number of nitrogens with zero attached hydrogens (tertiary/aromatic N) is 6. The van der Waals surface area contributed by atoms with E-state index in [1.54, 1.807) is 24.9 Å². The summed E-state index contributed by atoms with van der Waals surface area (Å²) in [6.07, 6.45) is 1.23. The van der Waals surface area contributed by atoms with E-state index in [-0.39, 0.29) is 28.9 Å². The van der Waals surface area contributed by atoms with Crippen LogP contribution >= 0.6 is 11.6 Å². The number of hydrogen-bond acceptors (Lipinski definition) is 6. The summed E-state index contributed by atoms with van der Waals surface area (Å²) < 4.78 is 48.9. The van der Waals surface area contributed by atoms with E-state index in [4.69, 9.17) is 16.1 Å². The van der Waals surface area contributed by atoms with Gasteiger partial charge in [-0.15, -0.1) is 0 Å². The summed E-state index contributed by atoms with van der Waals surface area (Å²) in [5.41, 5.74) is 0.0678.